The van der Waals surface area contributed by atoms with E-state index in [4.69, 9.17) is 11.6 Å². The lowest BCUT2D eigenvalue weighted by Crippen LogP contribution is -2.34. The van der Waals surface area contributed by atoms with Crippen LogP contribution in [0.1, 0.15) is 33.6 Å². The molecule has 1 amide bonds. The van der Waals surface area contributed by atoms with Gasteiger partial charge in [0.15, 0.2) is 0 Å². The maximum absolute atomic E-state index is 13.0. The number of carbonyl (C=O) groups is 1. The second-order valence-electron chi connectivity index (χ2n) is 6.84. The van der Waals surface area contributed by atoms with Crippen molar-refractivity contribution >= 4 is 17.5 Å². The van der Waals surface area contributed by atoms with Gasteiger partial charge in [-0.05, 0) is 39.4 Å². The van der Waals surface area contributed by atoms with Crippen molar-refractivity contribution in [1.82, 2.24) is 19.6 Å². The van der Waals surface area contributed by atoms with E-state index in [1.807, 2.05) is 11.8 Å². The van der Waals surface area contributed by atoms with Crippen LogP contribution in [-0.4, -0.2) is 58.7 Å². The van der Waals surface area contributed by atoms with Crippen molar-refractivity contribution < 1.29 is 4.79 Å². The Hall–Kier alpha value is -1.85. The molecule has 25 heavy (non-hydrogen) atoms. The van der Waals surface area contributed by atoms with Crippen LogP contribution in [0.25, 0.3) is 0 Å². The molecule has 0 N–H and O–H groups in total. The number of nitrogens with zero attached hydrogens (tertiary/aromatic N) is 4. The van der Waals surface area contributed by atoms with E-state index in [0.717, 1.165) is 38.2 Å². The monoisotopic (exact) mass is 360 g/mol. The molecule has 1 aromatic heterocycles. The zero-order valence-electron chi connectivity index (χ0n) is 15.1. The summed E-state index contributed by atoms with van der Waals surface area (Å²) in [7, 11) is 2.09. The highest BCUT2D eigenvalue weighted by molar-refractivity contribution is 6.33. The fourth-order valence-electron chi connectivity index (χ4n) is 3.18. The minimum atomic E-state index is -0.00652. The molecule has 134 valence electrons. The lowest BCUT2D eigenvalue weighted by atomic mass is 10.1. The highest BCUT2D eigenvalue weighted by atomic mass is 35.5. The fourth-order valence-corrected chi connectivity index (χ4v) is 3.49. The number of aryl methyl sites for hydroxylation is 2. The van der Waals surface area contributed by atoms with Gasteiger partial charge in [0, 0.05) is 19.6 Å². The topological polar surface area (TPSA) is 41.4 Å². The molecule has 0 spiro atoms. The molecule has 0 aliphatic carbocycles. The molecule has 2 aromatic rings. The zero-order chi connectivity index (χ0) is 18.0. The highest BCUT2D eigenvalue weighted by Gasteiger charge is 2.26. The summed E-state index contributed by atoms with van der Waals surface area (Å²) >= 11 is 6.54. The maximum atomic E-state index is 13.0. The Morgan fingerprint density at radius 3 is 2.56 bits per heavy atom. The van der Waals surface area contributed by atoms with Gasteiger partial charge in [0.05, 0.1) is 17.8 Å². The predicted octanol–water partition coefficient (Wildman–Crippen LogP) is 2.98. The van der Waals surface area contributed by atoms with Crippen LogP contribution in [0.4, 0.5) is 0 Å². The van der Waals surface area contributed by atoms with Gasteiger partial charge in [-0.2, -0.15) is 5.10 Å². The molecular weight excluding hydrogens is 336 g/mol. The summed E-state index contributed by atoms with van der Waals surface area (Å²) in [6.45, 7) is 7.88. The third-order valence-corrected chi connectivity index (χ3v) is 5.12. The Balaban J connectivity index is 1.81. The summed E-state index contributed by atoms with van der Waals surface area (Å²) in [5.41, 5.74) is 3.57. The molecule has 0 radical (unpaired) electrons. The number of halogens is 1. The van der Waals surface area contributed by atoms with Gasteiger partial charge in [0.1, 0.15) is 5.15 Å². The average molecular weight is 361 g/mol. The first-order valence-electron chi connectivity index (χ1n) is 8.72. The Bertz CT molecular complexity index is 754. The number of hydrogen-bond acceptors (Lipinski definition) is 3. The molecule has 1 aliphatic rings. The molecule has 0 atom stereocenters. The number of rotatable bonds is 3. The number of carbonyl (C=O) groups excluding carboxylic acids is 1. The van der Waals surface area contributed by atoms with Gasteiger partial charge < -0.3 is 9.80 Å². The zero-order valence-corrected chi connectivity index (χ0v) is 15.9. The summed E-state index contributed by atoms with van der Waals surface area (Å²) in [6.07, 6.45) is 0.983. The van der Waals surface area contributed by atoms with E-state index >= 15 is 0 Å². The molecule has 5 nitrogen and oxygen atoms in total. The van der Waals surface area contributed by atoms with Crippen LogP contribution in [0.15, 0.2) is 24.3 Å². The van der Waals surface area contributed by atoms with E-state index in [-0.39, 0.29) is 5.91 Å². The van der Waals surface area contributed by atoms with Crippen LogP contribution in [0.3, 0.4) is 0 Å². The van der Waals surface area contributed by atoms with Crippen LogP contribution in [-0.2, 0) is 6.54 Å². The van der Waals surface area contributed by atoms with Gasteiger partial charge in [0.25, 0.3) is 5.91 Å². The largest absolute Gasteiger partial charge is 0.337 e. The minimum absolute atomic E-state index is 0.00652. The van der Waals surface area contributed by atoms with E-state index in [0.29, 0.717) is 23.0 Å². The van der Waals surface area contributed by atoms with Crippen molar-refractivity contribution in [2.45, 2.75) is 26.8 Å². The molecule has 0 bridgehead atoms. The van der Waals surface area contributed by atoms with E-state index in [2.05, 4.69) is 48.2 Å². The van der Waals surface area contributed by atoms with Crippen LogP contribution in [0.5, 0.6) is 0 Å². The van der Waals surface area contributed by atoms with Gasteiger partial charge in [-0.3, -0.25) is 4.79 Å². The van der Waals surface area contributed by atoms with Gasteiger partial charge in [-0.1, -0.05) is 41.4 Å². The minimum Gasteiger partial charge on any atom is -0.337 e. The molecule has 6 heteroatoms. The summed E-state index contributed by atoms with van der Waals surface area (Å²) in [5, 5.41) is 4.94. The van der Waals surface area contributed by atoms with Crippen molar-refractivity contribution in [3.05, 3.63) is 51.8 Å². The number of hydrogen-bond donors (Lipinski definition) is 0. The average Bonchev–Trinajstić information content (AvgIpc) is 2.74. The van der Waals surface area contributed by atoms with E-state index in [1.165, 1.54) is 5.56 Å². The standard InChI is InChI=1S/C19H25ClN4O/c1-14-5-7-16(8-6-14)13-24-18(20)17(15(2)21-24)19(25)23-10-4-9-22(3)11-12-23/h5-8H,4,9-13H2,1-3H3. The Labute approximate surface area is 154 Å². The summed E-state index contributed by atoms with van der Waals surface area (Å²) in [4.78, 5) is 17.1. The first kappa shape index (κ1) is 18.0. The van der Waals surface area contributed by atoms with Crippen LogP contribution < -0.4 is 0 Å². The SMILES string of the molecule is Cc1ccc(Cn2nc(C)c(C(=O)N3CCCN(C)CC3)c2Cl)cc1. The normalized spacial score (nSPS) is 16.1. The van der Waals surface area contributed by atoms with Gasteiger partial charge in [-0.25, -0.2) is 4.68 Å². The van der Waals surface area contributed by atoms with Crippen molar-refractivity contribution in [3.8, 4) is 0 Å². The predicted molar refractivity (Wildman–Crippen MR) is 100 cm³/mol. The molecule has 1 aromatic carbocycles. The smallest absolute Gasteiger partial charge is 0.258 e. The Morgan fingerprint density at radius 1 is 1.12 bits per heavy atom. The van der Waals surface area contributed by atoms with E-state index < -0.39 is 0 Å². The lowest BCUT2D eigenvalue weighted by molar-refractivity contribution is 0.0762. The van der Waals surface area contributed by atoms with Crippen molar-refractivity contribution in [3.63, 3.8) is 0 Å². The van der Waals surface area contributed by atoms with Gasteiger partial charge in [0.2, 0.25) is 0 Å². The van der Waals surface area contributed by atoms with Crippen molar-refractivity contribution in [2.75, 3.05) is 33.2 Å². The molecule has 0 unspecified atom stereocenters. The van der Waals surface area contributed by atoms with Gasteiger partial charge in [-0.15, -0.1) is 0 Å². The first-order chi connectivity index (χ1) is 12.0. The van der Waals surface area contributed by atoms with Gasteiger partial charge >= 0.3 is 0 Å². The van der Waals surface area contributed by atoms with Crippen molar-refractivity contribution in [1.29, 1.82) is 0 Å². The van der Waals surface area contributed by atoms with Crippen LogP contribution in [0.2, 0.25) is 5.15 Å². The molecular formula is C19H25ClN4O. The summed E-state index contributed by atoms with van der Waals surface area (Å²) < 4.78 is 1.72. The van der Waals surface area contributed by atoms with E-state index in [9.17, 15) is 4.79 Å². The third kappa shape index (κ3) is 4.05. The third-order valence-electron chi connectivity index (χ3n) is 4.74. The summed E-state index contributed by atoms with van der Waals surface area (Å²) in [5.74, 6) is -0.00652. The first-order valence-corrected chi connectivity index (χ1v) is 9.10. The van der Waals surface area contributed by atoms with E-state index in [1.54, 1.807) is 4.68 Å². The molecule has 1 aliphatic heterocycles. The molecule has 3 rings (SSSR count). The Morgan fingerprint density at radius 2 is 1.84 bits per heavy atom. The Kier molecular flexibility index (Phi) is 5.45. The molecule has 1 saturated heterocycles. The second kappa shape index (κ2) is 7.58. The van der Waals surface area contributed by atoms with Crippen molar-refractivity contribution in [2.24, 2.45) is 0 Å². The van der Waals surface area contributed by atoms with Crippen LogP contribution >= 0.6 is 11.6 Å². The lowest BCUT2D eigenvalue weighted by Gasteiger charge is -2.20. The molecule has 2 heterocycles. The number of benzene rings is 1. The quantitative estimate of drug-likeness (QED) is 0.845. The number of amides is 1. The number of likely N-dealkylation sites (N-methyl/N-ethyl adjacent to an activating group) is 1. The molecule has 0 saturated carbocycles. The highest BCUT2D eigenvalue weighted by Crippen LogP contribution is 2.23. The van der Waals surface area contributed by atoms with Crippen LogP contribution in [0, 0.1) is 13.8 Å². The second-order valence-corrected chi connectivity index (χ2v) is 7.20. The fraction of sp³-hybridized carbons (Fsp3) is 0.474. The maximum Gasteiger partial charge on any atom is 0.258 e. The number of aromatic nitrogens is 2. The summed E-state index contributed by atoms with van der Waals surface area (Å²) in [6, 6.07) is 8.27. The molecule has 1 fully saturated rings.